The van der Waals surface area contributed by atoms with Gasteiger partial charge in [-0.1, -0.05) is 27.7 Å². The van der Waals surface area contributed by atoms with Crippen LogP contribution in [0.2, 0.25) is 0 Å². The molecule has 0 saturated carbocycles. The molecule has 1 N–H and O–H groups in total. The third-order valence-electron chi connectivity index (χ3n) is 3.38. The van der Waals surface area contributed by atoms with E-state index in [4.69, 9.17) is 9.47 Å². The van der Waals surface area contributed by atoms with E-state index < -0.39 is 11.9 Å². The Labute approximate surface area is 117 Å². The van der Waals surface area contributed by atoms with E-state index in [0.29, 0.717) is 13.2 Å². The molecule has 0 aromatic carbocycles. The van der Waals surface area contributed by atoms with E-state index >= 15 is 0 Å². The highest BCUT2D eigenvalue weighted by Gasteiger charge is 2.40. The number of hydrogen-bond donors (Lipinski definition) is 1. The first-order valence-corrected chi connectivity index (χ1v) is 7.52. The molecule has 3 nitrogen and oxygen atoms in total. The second-order valence-electron chi connectivity index (χ2n) is 4.93. The fourth-order valence-corrected chi connectivity index (χ4v) is 2.33. The number of allylic oxidation sites excluding steroid dienone is 2. The Morgan fingerprint density at radius 1 is 1.00 bits per heavy atom. The van der Waals surface area contributed by atoms with Crippen LogP contribution in [0.1, 0.15) is 53.4 Å². The molecule has 0 radical (unpaired) electrons. The summed E-state index contributed by atoms with van der Waals surface area (Å²) in [6.07, 6.45) is 6.82. The second kappa shape index (κ2) is 7.83. The second-order valence-corrected chi connectivity index (χ2v) is 4.93. The molecule has 0 aromatic heterocycles. The predicted molar refractivity (Wildman–Crippen MR) is 78.0 cm³/mol. The van der Waals surface area contributed by atoms with Gasteiger partial charge in [0.25, 0.3) is 0 Å². The van der Waals surface area contributed by atoms with Crippen molar-refractivity contribution in [3.05, 3.63) is 23.3 Å². The van der Waals surface area contributed by atoms with Gasteiger partial charge >= 0.3 is 0 Å². The van der Waals surface area contributed by atoms with Crippen LogP contribution in [0.25, 0.3) is 0 Å². The van der Waals surface area contributed by atoms with Crippen LogP contribution in [0, 0.1) is 0 Å². The lowest BCUT2D eigenvalue weighted by atomic mass is 9.89. The summed E-state index contributed by atoms with van der Waals surface area (Å²) in [5.74, 6) is -0.990. The molecule has 110 valence electrons. The third-order valence-corrected chi connectivity index (χ3v) is 3.38. The summed E-state index contributed by atoms with van der Waals surface area (Å²) in [6.45, 7) is 9.51. The zero-order valence-electron chi connectivity index (χ0n) is 12.7. The van der Waals surface area contributed by atoms with Crippen molar-refractivity contribution in [2.24, 2.45) is 0 Å². The molecular weight excluding hydrogens is 240 g/mol. The number of rotatable bonds is 8. The molecule has 0 heterocycles. The first-order chi connectivity index (χ1) is 9.13. The first kappa shape index (κ1) is 16.4. The van der Waals surface area contributed by atoms with Crippen molar-refractivity contribution in [1.29, 1.82) is 0 Å². The Morgan fingerprint density at radius 3 is 1.95 bits per heavy atom. The van der Waals surface area contributed by atoms with Crippen molar-refractivity contribution >= 4 is 0 Å². The Morgan fingerprint density at radius 2 is 1.53 bits per heavy atom. The average Bonchev–Trinajstić information content (AvgIpc) is 2.44. The summed E-state index contributed by atoms with van der Waals surface area (Å²) >= 11 is 0. The van der Waals surface area contributed by atoms with Gasteiger partial charge in [-0.15, -0.1) is 0 Å². The highest BCUT2D eigenvalue weighted by molar-refractivity contribution is 5.38. The third kappa shape index (κ3) is 3.91. The van der Waals surface area contributed by atoms with E-state index in [2.05, 4.69) is 27.7 Å². The van der Waals surface area contributed by atoms with E-state index in [1.165, 1.54) is 11.1 Å². The fraction of sp³-hybridized carbons (Fsp3) is 0.750. The minimum Gasteiger partial charge on any atom is -0.383 e. The Balaban J connectivity index is 3.00. The lowest BCUT2D eigenvalue weighted by Gasteiger charge is -2.38. The van der Waals surface area contributed by atoms with Gasteiger partial charge in [-0.3, -0.25) is 0 Å². The van der Waals surface area contributed by atoms with Crippen LogP contribution in [0.5, 0.6) is 0 Å². The minimum atomic E-state index is -0.990. The van der Waals surface area contributed by atoms with E-state index in [1.54, 1.807) is 0 Å². The molecule has 1 aliphatic carbocycles. The molecule has 0 bridgehead atoms. The van der Waals surface area contributed by atoms with Crippen LogP contribution in [-0.2, 0) is 9.47 Å². The maximum Gasteiger partial charge on any atom is 0.219 e. The molecule has 1 unspecified atom stereocenters. The van der Waals surface area contributed by atoms with Gasteiger partial charge in [-0.2, -0.15) is 0 Å². The molecule has 1 atom stereocenters. The Kier molecular flexibility index (Phi) is 6.76. The molecule has 1 aliphatic rings. The van der Waals surface area contributed by atoms with Gasteiger partial charge in [0, 0.05) is 0 Å². The molecule has 1 rings (SSSR count). The minimum absolute atomic E-state index is 0.587. The molecule has 0 fully saturated rings. The van der Waals surface area contributed by atoms with Crippen LogP contribution in [-0.4, -0.2) is 30.2 Å². The summed E-state index contributed by atoms with van der Waals surface area (Å²) in [4.78, 5) is 0. The summed E-state index contributed by atoms with van der Waals surface area (Å²) in [6, 6.07) is 0. The van der Waals surface area contributed by atoms with Crippen molar-refractivity contribution in [3.8, 4) is 0 Å². The summed E-state index contributed by atoms with van der Waals surface area (Å²) in [5.41, 5.74) is 2.42. The van der Waals surface area contributed by atoms with Crippen LogP contribution in [0.3, 0.4) is 0 Å². The Hall–Kier alpha value is -0.640. The largest absolute Gasteiger partial charge is 0.383 e. The quantitative estimate of drug-likeness (QED) is 0.684. The molecule has 0 aromatic rings. The predicted octanol–water partition coefficient (Wildman–Crippen LogP) is 3.58. The van der Waals surface area contributed by atoms with E-state index in [0.717, 1.165) is 25.7 Å². The maximum absolute atomic E-state index is 10.4. The maximum atomic E-state index is 10.4. The molecular formula is C16H28O3. The van der Waals surface area contributed by atoms with Crippen molar-refractivity contribution < 1.29 is 14.6 Å². The zero-order chi connectivity index (χ0) is 14.3. The van der Waals surface area contributed by atoms with Crippen LogP contribution in [0.4, 0.5) is 0 Å². The number of hydrogen-bond acceptors (Lipinski definition) is 3. The molecule has 0 amide bonds. The van der Waals surface area contributed by atoms with Crippen LogP contribution >= 0.6 is 0 Å². The number of aliphatic hydroxyl groups excluding tert-OH is 1. The SMILES string of the molecule is CCCOC1(OCCC)C=C(CC)C(CC)=CC1O. The molecule has 19 heavy (non-hydrogen) atoms. The van der Waals surface area contributed by atoms with Gasteiger partial charge in [0.05, 0.1) is 13.2 Å². The van der Waals surface area contributed by atoms with Gasteiger partial charge in [0.15, 0.2) is 0 Å². The molecule has 0 aliphatic heterocycles. The van der Waals surface area contributed by atoms with Gasteiger partial charge in [0.1, 0.15) is 6.10 Å². The van der Waals surface area contributed by atoms with Gasteiger partial charge in [0.2, 0.25) is 5.79 Å². The fourth-order valence-electron chi connectivity index (χ4n) is 2.33. The van der Waals surface area contributed by atoms with Crippen LogP contribution in [0.15, 0.2) is 23.3 Å². The molecule has 0 spiro atoms. The van der Waals surface area contributed by atoms with Gasteiger partial charge < -0.3 is 14.6 Å². The lowest BCUT2D eigenvalue weighted by molar-refractivity contribution is -0.243. The lowest BCUT2D eigenvalue weighted by Crippen LogP contribution is -2.47. The topological polar surface area (TPSA) is 38.7 Å². The summed E-state index contributed by atoms with van der Waals surface area (Å²) < 4.78 is 11.7. The number of ether oxygens (including phenoxy) is 2. The summed E-state index contributed by atoms with van der Waals surface area (Å²) in [5, 5.41) is 10.4. The number of aliphatic hydroxyl groups is 1. The molecule has 3 heteroatoms. The van der Waals surface area contributed by atoms with Crippen molar-refractivity contribution in [1.82, 2.24) is 0 Å². The van der Waals surface area contributed by atoms with E-state index in [-0.39, 0.29) is 0 Å². The highest BCUT2D eigenvalue weighted by Crippen LogP contribution is 2.34. The highest BCUT2D eigenvalue weighted by atomic mass is 16.7. The normalized spacial score (nSPS) is 22.1. The van der Waals surface area contributed by atoms with Crippen molar-refractivity contribution in [3.63, 3.8) is 0 Å². The van der Waals surface area contributed by atoms with Crippen LogP contribution < -0.4 is 0 Å². The van der Waals surface area contributed by atoms with Crippen molar-refractivity contribution in [2.75, 3.05) is 13.2 Å². The van der Waals surface area contributed by atoms with Gasteiger partial charge in [-0.25, -0.2) is 0 Å². The first-order valence-electron chi connectivity index (χ1n) is 7.52. The van der Waals surface area contributed by atoms with E-state index in [1.807, 2.05) is 12.2 Å². The summed E-state index contributed by atoms with van der Waals surface area (Å²) in [7, 11) is 0. The molecule has 0 saturated heterocycles. The monoisotopic (exact) mass is 268 g/mol. The standard InChI is InChI=1S/C16H28O3/c1-5-9-18-16(19-10-6-2)12-14(8-4)13(7-3)11-15(16)17/h11-12,15,17H,5-10H2,1-4H3. The Bertz CT molecular complexity index is 323. The smallest absolute Gasteiger partial charge is 0.219 e. The van der Waals surface area contributed by atoms with Crippen molar-refractivity contribution in [2.45, 2.75) is 65.3 Å². The van der Waals surface area contributed by atoms with E-state index in [9.17, 15) is 5.11 Å². The zero-order valence-corrected chi connectivity index (χ0v) is 12.7. The van der Waals surface area contributed by atoms with Gasteiger partial charge in [-0.05, 0) is 49.0 Å². The average molecular weight is 268 g/mol.